The molecule has 0 aromatic heterocycles. The van der Waals surface area contributed by atoms with Crippen LogP contribution in [0.3, 0.4) is 0 Å². The van der Waals surface area contributed by atoms with E-state index in [4.69, 9.17) is 11.6 Å². The van der Waals surface area contributed by atoms with Crippen LogP contribution in [-0.4, -0.2) is 5.38 Å². The SMILES string of the molecule is C=CCC1=CC=CC1Cl. The lowest BCUT2D eigenvalue weighted by Gasteiger charge is -2.00. The Balaban J connectivity index is 2.53. The van der Waals surface area contributed by atoms with Gasteiger partial charge in [-0.05, 0) is 12.0 Å². The minimum Gasteiger partial charge on any atom is -0.114 e. The van der Waals surface area contributed by atoms with Gasteiger partial charge in [-0.2, -0.15) is 0 Å². The standard InChI is InChI=1S/C8H9Cl/c1-2-4-7-5-3-6-8(7)9/h2-3,5-6,8H,1,4H2. The highest BCUT2D eigenvalue weighted by atomic mass is 35.5. The zero-order valence-corrected chi connectivity index (χ0v) is 5.93. The molecule has 1 rings (SSSR count). The van der Waals surface area contributed by atoms with Crippen molar-refractivity contribution in [2.75, 3.05) is 0 Å². The largest absolute Gasteiger partial charge is 0.114 e. The van der Waals surface area contributed by atoms with Gasteiger partial charge < -0.3 is 0 Å². The van der Waals surface area contributed by atoms with Crippen molar-refractivity contribution in [3.63, 3.8) is 0 Å². The van der Waals surface area contributed by atoms with E-state index in [-0.39, 0.29) is 5.38 Å². The van der Waals surface area contributed by atoms with Crippen molar-refractivity contribution >= 4 is 11.6 Å². The van der Waals surface area contributed by atoms with Crippen molar-refractivity contribution in [3.8, 4) is 0 Å². The fourth-order valence-electron chi connectivity index (χ4n) is 0.840. The molecule has 1 aliphatic carbocycles. The lowest BCUT2D eigenvalue weighted by atomic mass is 10.1. The van der Waals surface area contributed by atoms with Gasteiger partial charge in [0, 0.05) is 0 Å². The van der Waals surface area contributed by atoms with Gasteiger partial charge in [0.1, 0.15) is 0 Å². The first kappa shape index (κ1) is 6.63. The molecular weight excluding hydrogens is 132 g/mol. The topological polar surface area (TPSA) is 0 Å². The maximum atomic E-state index is 5.85. The van der Waals surface area contributed by atoms with Crippen molar-refractivity contribution in [1.82, 2.24) is 0 Å². The molecule has 0 radical (unpaired) electrons. The molecule has 1 unspecified atom stereocenters. The molecule has 0 N–H and O–H groups in total. The lowest BCUT2D eigenvalue weighted by Crippen LogP contribution is -1.92. The predicted molar refractivity (Wildman–Crippen MR) is 41.7 cm³/mol. The zero-order chi connectivity index (χ0) is 6.69. The molecule has 1 heteroatoms. The number of hydrogen-bond acceptors (Lipinski definition) is 0. The molecule has 9 heavy (non-hydrogen) atoms. The Kier molecular flexibility index (Phi) is 2.12. The molecule has 0 saturated carbocycles. The second-order valence-electron chi connectivity index (χ2n) is 2.02. The van der Waals surface area contributed by atoms with Crippen LogP contribution in [0, 0.1) is 0 Å². The first-order valence-electron chi connectivity index (χ1n) is 2.97. The molecule has 0 bridgehead atoms. The summed E-state index contributed by atoms with van der Waals surface area (Å²) in [5, 5.41) is 0.114. The van der Waals surface area contributed by atoms with Crippen LogP contribution in [0.4, 0.5) is 0 Å². The number of alkyl halides is 1. The maximum absolute atomic E-state index is 5.85. The second-order valence-corrected chi connectivity index (χ2v) is 2.49. The van der Waals surface area contributed by atoms with Gasteiger partial charge in [-0.15, -0.1) is 18.2 Å². The minimum atomic E-state index is 0.114. The van der Waals surface area contributed by atoms with Gasteiger partial charge in [0.05, 0.1) is 5.38 Å². The third kappa shape index (κ3) is 1.46. The van der Waals surface area contributed by atoms with Crippen molar-refractivity contribution in [1.29, 1.82) is 0 Å². The highest BCUT2D eigenvalue weighted by Gasteiger charge is 2.08. The summed E-state index contributed by atoms with van der Waals surface area (Å²) in [6.07, 6.45) is 8.77. The summed E-state index contributed by atoms with van der Waals surface area (Å²) in [4.78, 5) is 0. The summed E-state index contributed by atoms with van der Waals surface area (Å²) in [5.74, 6) is 0. The maximum Gasteiger partial charge on any atom is 0.0735 e. The van der Waals surface area contributed by atoms with E-state index in [1.54, 1.807) is 0 Å². The van der Waals surface area contributed by atoms with E-state index in [9.17, 15) is 0 Å². The van der Waals surface area contributed by atoms with Crippen LogP contribution in [0.25, 0.3) is 0 Å². The third-order valence-electron chi connectivity index (χ3n) is 1.32. The van der Waals surface area contributed by atoms with Gasteiger partial charge in [0.15, 0.2) is 0 Å². The Morgan fingerprint density at radius 2 is 2.56 bits per heavy atom. The normalized spacial score (nSPS) is 24.1. The fraction of sp³-hybridized carbons (Fsp3) is 0.250. The predicted octanol–water partition coefficient (Wildman–Crippen LogP) is 2.67. The number of allylic oxidation sites excluding steroid dienone is 5. The first-order valence-corrected chi connectivity index (χ1v) is 3.40. The average molecular weight is 141 g/mol. The Morgan fingerprint density at radius 3 is 3.00 bits per heavy atom. The molecule has 0 aromatic carbocycles. The Hall–Kier alpha value is -0.490. The zero-order valence-electron chi connectivity index (χ0n) is 5.18. The number of hydrogen-bond donors (Lipinski definition) is 0. The Labute approximate surface area is 60.5 Å². The summed E-state index contributed by atoms with van der Waals surface area (Å²) in [7, 11) is 0. The van der Waals surface area contributed by atoms with Crippen molar-refractivity contribution in [3.05, 3.63) is 36.5 Å². The molecule has 0 aliphatic heterocycles. The third-order valence-corrected chi connectivity index (χ3v) is 1.75. The molecule has 1 atom stereocenters. The molecule has 0 heterocycles. The molecule has 48 valence electrons. The first-order chi connectivity index (χ1) is 4.34. The van der Waals surface area contributed by atoms with Crippen LogP contribution in [0.2, 0.25) is 0 Å². The molecule has 0 aromatic rings. The van der Waals surface area contributed by atoms with E-state index in [1.807, 2.05) is 24.3 Å². The molecule has 0 spiro atoms. The Morgan fingerprint density at radius 1 is 1.78 bits per heavy atom. The summed E-state index contributed by atoms with van der Waals surface area (Å²) >= 11 is 5.85. The van der Waals surface area contributed by atoms with Crippen molar-refractivity contribution in [2.24, 2.45) is 0 Å². The monoisotopic (exact) mass is 140 g/mol. The molecule has 1 aliphatic rings. The summed E-state index contributed by atoms with van der Waals surface area (Å²) < 4.78 is 0. The van der Waals surface area contributed by atoms with Crippen LogP contribution in [0.1, 0.15) is 6.42 Å². The van der Waals surface area contributed by atoms with E-state index in [0.717, 1.165) is 6.42 Å². The lowest BCUT2D eigenvalue weighted by molar-refractivity contribution is 1.14. The second kappa shape index (κ2) is 2.88. The van der Waals surface area contributed by atoms with Crippen molar-refractivity contribution < 1.29 is 0 Å². The number of halogens is 1. The molecular formula is C8H9Cl. The highest BCUT2D eigenvalue weighted by Crippen LogP contribution is 2.20. The quantitative estimate of drug-likeness (QED) is 0.409. The van der Waals surface area contributed by atoms with Gasteiger partial charge in [0.25, 0.3) is 0 Å². The summed E-state index contributed by atoms with van der Waals surface area (Å²) in [6.45, 7) is 3.63. The molecule has 0 nitrogen and oxygen atoms in total. The summed E-state index contributed by atoms with van der Waals surface area (Å²) in [6, 6.07) is 0. The minimum absolute atomic E-state index is 0.114. The van der Waals surface area contributed by atoms with Gasteiger partial charge in [-0.3, -0.25) is 0 Å². The van der Waals surface area contributed by atoms with Crippen LogP contribution < -0.4 is 0 Å². The van der Waals surface area contributed by atoms with Crippen LogP contribution in [0.15, 0.2) is 36.5 Å². The van der Waals surface area contributed by atoms with Crippen LogP contribution >= 0.6 is 11.6 Å². The van der Waals surface area contributed by atoms with E-state index in [1.165, 1.54) is 5.57 Å². The van der Waals surface area contributed by atoms with Gasteiger partial charge >= 0.3 is 0 Å². The van der Waals surface area contributed by atoms with Gasteiger partial charge in [-0.25, -0.2) is 0 Å². The Bertz CT molecular complexity index is 165. The van der Waals surface area contributed by atoms with Gasteiger partial charge in [-0.1, -0.05) is 24.3 Å². The fourth-order valence-corrected chi connectivity index (χ4v) is 1.09. The molecule has 0 fully saturated rings. The smallest absolute Gasteiger partial charge is 0.0735 e. The highest BCUT2D eigenvalue weighted by molar-refractivity contribution is 6.24. The number of rotatable bonds is 2. The molecule has 0 saturated heterocycles. The van der Waals surface area contributed by atoms with E-state index >= 15 is 0 Å². The van der Waals surface area contributed by atoms with Crippen molar-refractivity contribution in [2.45, 2.75) is 11.8 Å². The molecule has 0 amide bonds. The van der Waals surface area contributed by atoms with Crippen LogP contribution in [-0.2, 0) is 0 Å². The summed E-state index contributed by atoms with van der Waals surface area (Å²) in [5.41, 5.74) is 1.24. The average Bonchev–Trinajstić information content (AvgIpc) is 2.18. The van der Waals surface area contributed by atoms with E-state index in [0.29, 0.717) is 0 Å². The van der Waals surface area contributed by atoms with E-state index in [2.05, 4.69) is 6.58 Å². The van der Waals surface area contributed by atoms with E-state index < -0.39 is 0 Å². The van der Waals surface area contributed by atoms with Gasteiger partial charge in [0.2, 0.25) is 0 Å². The van der Waals surface area contributed by atoms with Crippen LogP contribution in [0.5, 0.6) is 0 Å².